The van der Waals surface area contributed by atoms with Crippen molar-refractivity contribution in [3.05, 3.63) is 82.2 Å². The summed E-state index contributed by atoms with van der Waals surface area (Å²) in [5.41, 5.74) is 4.56. The van der Waals surface area contributed by atoms with Crippen molar-refractivity contribution in [3.63, 3.8) is 0 Å². The highest BCUT2D eigenvalue weighted by Crippen LogP contribution is 2.47. The number of rotatable bonds is 5. The van der Waals surface area contributed by atoms with Crippen LogP contribution in [0.4, 0.5) is 9.39 Å². The molecule has 0 radical (unpaired) electrons. The Morgan fingerprint density at radius 3 is 2.76 bits per heavy atom. The van der Waals surface area contributed by atoms with E-state index in [1.807, 2.05) is 40.3 Å². The van der Waals surface area contributed by atoms with Crippen LogP contribution in [0.15, 0.2) is 54.9 Å². The Kier molecular flexibility index (Phi) is 5.11. The van der Waals surface area contributed by atoms with Crippen molar-refractivity contribution in [1.82, 2.24) is 19.7 Å². The number of ether oxygens (including phenoxy) is 1. The average molecular weight is 462 g/mol. The van der Waals surface area contributed by atoms with Gasteiger partial charge in [0.15, 0.2) is 5.82 Å². The average Bonchev–Trinajstić information content (AvgIpc) is 3.45. The van der Waals surface area contributed by atoms with Crippen LogP contribution in [0.1, 0.15) is 21.6 Å². The summed E-state index contributed by atoms with van der Waals surface area (Å²) in [7, 11) is 1.68. The molecule has 0 amide bonds. The van der Waals surface area contributed by atoms with E-state index in [4.69, 9.17) is 4.74 Å². The van der Waals surface area contributed by atoms with Crippen LogP contribution >= 0.6 is 11.3 Å². The van der Waals surface area contributed by atoms with E-state index in [0.29, 0.717) is 13.2 Å². The van der Waals surface area contributed by atoms with Gasteiger partial charge in [-0.15, -0.1) is 11.3 Å². The molecule has 0 atom stereocenters. The van der Waals surface area contributed by atoms with Gasteiger partial charge in [0.25, 0.3) is 0 Å². The zero-order valence-corrected chi connectivity index (χ0v) is 19.2. The van der Waals surface area contributed by atoms with Gasteiger partial charge in [0.1, 0.15) is 29.6 Å². The third kappa shape index (κ3) is 3.69. The van der Waals surface area contributed by atoms with Crippen LogP contribution in [0, 0.1) is 5.82 Å². The predicted molar refractivity (Wildman–Crippen MR) is 127 cm³/mol. The molecule has 0 saturated heterocycles. The highest BCUT2D eigenvalue weighted by atomic mass is 32.1. The summed E-state index contributed by atoms with van der Waals surface area (Å²) < 4.78 is 21.5. The lowest BCUT2D eigenvalue weighted by Gasteiger charge is -2.30. The summed E-state index contributed by atoms with van der Waals surface area (Å²) in [6.45, 7) is 3.81. The van der Waals surface area contributed by atoms with Gasteiger partial charge in [-0.25, -0.2) is 14.1 Å². The Balaban J connectivity index is 1.31. The zero-order valence-electron chi connectivity index (χ0n) is 18.4. The van der Waals surface area contributed by atoms with Gasteiger partial charge in [0.05, 0.1) is 12.7 Å². The minimum atomic E-state index is -0.132. The van der Waals surface area contributed by atoms with Crippen molar-refractivity contribution in [3.8, 4) is 17.1 Å². The maximum Gasteiger partial charge on any atom is 0.163 e. The number of thiophene rings is 1. The molecule has 0 fully saturated rings. The van der Waals surface area contributed by atoms with E-state index in [-0.39, 0.29) is 5.82 Å². The fraction of sp³-hybridized carbons (Fsp3) is 0.280. The molecule has 6 rings (SSSR count). The number of nitrogens with zero attached hydrogens (tertiary/aromatic N) is 5. The fourth-order valence-electron chi connectivity index (χ4n) is 4.76. The van der Waals surface area contributed by atoms with E-state index >= 15 is 0 Å². The molecular weight excluding hydrogens is 437 g/mol. The van der Waals surface area contributed by atoms with Crippen LogP contribution < -0.4 is 9.64 Å². The Morgan fingerprint density at radius 2 is 1.94 bits per heavy atom. The fourth-order valence-corrected chi connectivity index (χ4v) is 6.13. The van der Waals surface area contributed by atoms with Crippen LogP contribution in [-0.4, -0.2) is 33.3 Å². The van der Waals surface area contributed by atoms with Crippen LogP contribution in [0.25, 0.3) is 11.4 Å². The van der Waals surface area contributed by atoms with E-state index in [9.17, 15) is 4.39 Å². The molecule has 2 aliphatic rings. The number of halogens is 1. The molecule has 4 aromatic rings. The first-order chi connectivity index (χ1) is 16.2. The first-order valence-electron chi connectivity index (χ1n) is 11.1. The Hall–Kier alpha value is -3.23. The van der Waals surface area contributed by atoms with Crippen LogP contribution in [0.5, 0.6) is 5.75 Å². The number of methoxy groups -OCH3 is 1. The van der Waals surface area contributed by atoms with Crippen molar-refractivity contribution in [2.24, 2.45) is 0 Å². The maximum atomic E-state index is 14.2. The van der Waals surface area contributed by atoms with Crippen LogP contribution in [-0.2, 0) is 32.7 Å². The Morgan fingerprint density at radius 1 is 1.09 bits per heavy atom. The molecule has 0 N–H and O–H groups in total. The second-order valence-electron chi connectivity index (χ2n) is 8.51. The van der Waals surface area contributed by atoms with Crippen LogP contribution in [0.3, 0.4) is 0 Å². The SMILES string of the molecule is COc1ccc(CN2Cn3ncnc3-c3c2sc2c3CCN(Cc3ccccc3F)C2)cc1. The Bertz CT molecular complexity index is 1300. The molecule has 0 saturated carbocycles. The molecule has 6 nitrogen and oxygen atoms in total. The number of benzene rings is 2. The van der Waals surface area contributed by atoms with E-state index in [2.05, 4.69) is 32.0 Å². The maximum absolute atomic E-state index is 14.2. The van der Waals surface area contributed by atoms with Gasteiger partial charge in [-0.1, -0.05) is 30.3 Å². The molecule has 4 heterocycles. The molecule has 2 aromatic carbocycles. The molecule has 168 valence electrons. The van der Waals surface area contributed by atoms with Crippen molar-refractivity contribution >= 4 is 16.3 Å². The molecule has 0 spiro atoms. The second-order valence-corrected chi connectivity index (χ2v) is 9.59. The summed E-state index contributed by atoms with van der Waals surface area (Å²) in [5.74, 6) is 1.68. The van der Waals surface area contributed by atoms with Gasteiger partial charge < -0.3 is 9.64 Å². The highest BCUT2D eigenvalue weighted by Gasteiger charge is 2.33. The topological polar surface area (TPSA) is 46.4 Å². The molecule has 0 unspecified atom stereocenters. The van der Waals surface area contributed by atoms with Crippen molar-refractivity contribution < 1.29 is 9.13 Å². The van der Waals surface area contributed by atoms with Crippen molar-refractivity contribution in [1.29, 1.82) is 0 Å². The van der Waals surface area contributed by atoms with Crippen molar-refractivity contribution in [2.75, 3.05) is 18.6 Å². The molecule has 2 aliphatic heterocycles. The van der Waals surface area contributed by atoms with E-state index < -0.39 is 0 Å². The van der Waals surface area contributed by atoms with Gasteiger partial charge >= 0.3 is 0 Å². The lowest BCUT2D eigenvalue weighted by atomic mass is 10.0. The Labute approximate surface area is 195 Å². The van der Waals surface area contributed by atoms with E-state index in [0.717, 1.165) is 43.2 Å². The third-order valence-corrected chi connectivity index (χ3v) is 7.71. The summed E-state index contributed by atoms with van der Waals surface area (Å²) in [6, 6.07) is 15.3. The summed E-state index contributed by atoms with van der Waals surface area (Å²) in [4.78, 5) is 10.7. The van der Waals surface area contributed by atoms with Gasteiger partial charge in [-0.05, 0) is 35.7 Å². The molecular formula is C25H24FN5OS. The predicted octanol–water partition coefficient (Wildman–Crippen LogP) is 4.69. The monoisotopic (exact) mass is 461 g/mol. The number of aromatic nitrogens is 3. The molecule has 0 bridgehead atoms. The summed E-state index contributed by atoms with van der Waals surface area (Å²) in [5, 5.41) is 5.73. The molecule has 8 heteroatoms. The quantitative estimate of drug-likeness (QED) is 0.432. The standard InChI is InChI=1S/C25H24FN5OS/c1-32-19-8-6-17(7-9-19)12-30-16-31-24(27-15-28-31)23-20-10-11-29(14-22(20)33-25(23)30)13-18-4-2-3-5-21(18)26/h2-9,15H,10-14,16H2,1H3. The summed E-state index contributed by atoms with van der Waals surface area (Å²) >= 11 is 1.84. The lowest BCUT2D eigenvalue weighted by Crippen LogP contribution is -2.31. The number of hydrogen-bond acceptors (Lipinski definition) is 6. The largest absolute Gasteiger partial charge is 0.497 e. The van der Waals surface area contributed by atoms with E-state index in [1.54, 1.807) is 25.6 Å². The highest BCUT2D eigenvalue weighted by molar-refractivity contribution is 7.17. The van der Waals surface area contributed by atoms with Gasteiger partial charge in [-0.3, -0.25) is 4.90 Å². The third-order valence-electron chi connectivity index (χ3n) is 6.43. The first kappa shape index (κ1) is 20.4. The number of fused-ring (bicyclic) bond motifs is 5. The molecule has 2 aromatic heterocycles. The van der Waals surface area contributed by atoms with Gasteiger partial charge in [0, 0.05) is 36.6 Å². The zero-order chi connectivity index (χ0) is 22.4. The molecule has 33 heavy (non-hydrogen) atoms. The van der Waals surface area contributed by atoms with Crippen LogP contribution in [0.2, 0.25) is 0 Å². The van der Waals surface area contributed by atoms with E-state index in [1.165, 1.54) is 26.6 Å². The van der Waals surface area contributed by atoms with Gasteiger partial charge in [-0.2, -0.15) is 5.10 Å². The smallest absolute Gasteiger partial charge is 0.163 e. The minimum absolute atomic E-state index is 0.132. The molecule has 0 aliphatic carbocycles. The normalized spacial score (nSPS) is 15.2. The second kappa shape index (κ2) is 8.28. The number of hydrogen-bond donors (Lipinski definition) is 0. The summed E-state index contributed by atoms with van der Waals surface area (Å²) in [6.07, 6.45) is 2.58. The van der Waals surface area contributed by atoms with Gasteiger partial charge in [0.2, 0.25) is 0 Å². The number of anilines is 1. The lowest BCUT2D eigenvalue weighted by molar-refractivity contribution is 0.245. The minimum Gasteiger partial charge on any atom is -0.497 e. The van der Waals surface area contributed by atoms with Crippen molar-refractivity contribution in [2.45, 2.75) is 32.7 Å². The first-order valence-corrected chi connectivity index (χ1v) is 11.9.